The average molecular weight is 626 g/mol. The van der Waals surface area contributed by atoms with E-state index in [-0.39, 0.29) is 22.0 Å². The largest absolute Gasteiger partial charge is 0.461 e. The summed E-state index contributed by atoms with van der Waals surface area (Å²) in [6.45, 7) is 5.93. The number of nitrogens with zero attached hydrogens (tertiary/aromatic N) is 2. The van der Waals surface area contributed by atoms with Crippen LogP contribution in [-0.4, -0.2) is 40.2 Å². The molecule has 1 amide bonds. The van der Waals surface area contributed by atoms with Gasteiger partial charge in [-0.25, -0.2) is 14.2 Å². The number of fused-ring (bicyclic) bond motifs is 1. The molecule has 0 fully saturated rings. The summed E-state index contributed by atoms with van der Waals surface area (Å²) in [6.07, 6.45) is 0.412. The number of halogens is 2. The molecule has 43 heavy (non-hydrogen) atoms. The van der Waals surface area contributed by atoms with Crippen molar-refractivity contribution >= 4 is 46.0 Å². The van der Waals surface area contributed by atoms with Crippen LogP contribution in [0.5, 0.6) is 0 Å². The summed E-state index contributed by atoms with van der Waals surface area (Å²) in [5.74, 6) is -1.24. The number of carbonyl (C=O) groups excluding carboxylic acids is 2. The molecule has 3 aromatic carbocycles. The maximum atomic E-state index is 13.8. The minimum Gasteiger partial charge on any atom is -0.461 e. The monoisotopic (exact) mass is 624 g/mol. The van der Waals surface area contributed by atoms with Crippen LogP contribution in [0.4, 0.5) is 0 Å². The molecule has 4 rings (SSSR count). The molecular weight excluding hydrogens is 591 g/mol. The standard InChI is InChI=1S/C32H34Cl2N4O5/c1-6-20-12-15-26-27(22(20)17-35-4)30(40)38(32(42)37(26)5)21-13-10-19(11-14-21)16-25(31(41)43-18(2)3)36-29(39)28-23(33)8-7-9-24(28)34/h7-15,18,25,35H,6,16-17H2,1-5H3,(H,36,39)/t25-/m0/s1. The minimum atomic E-state index is -1.05. The zero-order valence-corrected chi connectivity index (χ0v) is 26.2. The summed E-state index contributed by atoms with van der Waals surface area (Å²) in [4.78, 5) is 53.3. The van der Waals surface area contributed by atoms with Crippen molar-refractivity contribution < 1.29 is 14.3 Å². The van der Waals surface area contributed by atoms with Gasteiger partial charge in [-0.2, -0.15) is 0 Å². The Balaban J connectivity index is 1.71. The smallest absolute Gasteiger partial charge is 0.335 e. The van der Waals surface area contributed by atoms with E-state index in [0.29, 0.717) is 28.7 Å². The Morgan fingerprint density at radius 3 is 2.21 bits per heavy atom. The number of amides is 1. The Morgan fingerprint density at radius 1 is 0.977 bits per heavy atom. The number of carbonyl (C=O) groups is 2. The molecular formula is C32H34Cl2N4O5. The van der Waals surface area contributed by atoms with Crippen molar-refractivity contribution in [3.8, 4) is 5.69 Å². The number of rotatable bonds is 10. The summed E-state index contributed by atoms with van der Waals surface area (Å²) in [7, 11) is 3.45. The quantitative estimate of drug-likeness (QED) is 0.250. The molecule has 0 aliphatic heterocycles. The summed E-state index contributed by atoms with van der Waals surface area (Å²) in [6, 6.07) is 14.1. The number of hydrogen-bond donors (Lipinski definition) is 2. The van der Waals surface area contributed by atoms with Crippen LogP contribution in [0.25, 0.3) is 16.6 Å². The first-order chi connectivity index (χ1) is 20.5. The molecule has 0 saturated carbocycles. The molecule has 9 nitrogen and oxygen atoms in total. The number of esters is 1. The third-order valence-corrected chi connectivity index (χ3v) is 7.77. The SMILES string of the molecule is CCc1ccc2c(c1CNC)c(=O)n(-c1ccc(C[C@H](NC(=O)c3c(Cl)cccc3Cl)C(=O)OC(C)C)cc1)c(=O)n2C. The molecule has 0 radical (unpaired) electrons. The normalized spacial score (nSPS) is 12.0. The van der Waals surface area contributed by atoms with E-state index in [0.717, 1.165) is 22.1 Å². The van der Waals surface area contributed by atoms with Crippen LogP contribution >= 0.6 is 23.2 Å². The van der Waals surface area contributed by atoms with Gasteiger partial charge < -0.3 is 15.4 Å². The Morgan fingerprint density at radius 2 is 1.63 bits per heavy atom. The zero-order valence-electron chi connectivity index (χ0n) is 24.7. The predicted octanol–water partition coefficient (Wildman–Crippen LogP) is 4.57. The van der Waals surface area contributed by atoms with Crippen LogP contribution in [0.15, 0.2) is 64.2 Å². The van der Waals surface area contributed by atoms with Crippen molar-refractivity contribution in [3.63, 3.8) is 0 Å². The molecule has 1 aromatic heterocycles. The van der Waals surface area contributed by atoms with Crippen LogP contribution in [0, 0.1) is 0 Å². The van der Waals surface area contributed by atoms with Gasteiger partial charge in [0.05, 0.1) is 38.3 Å². The highest BCUT2D eigenvalue weighted by Crippen LogP contribution is 2.25. The van der Waals surface area contributed by atoms with Crippen molar-refractivity contribution in [1.82, 2.24) is 19.8 Å². The second-order valence-corrected chi connectivity index (χ2v) is 11.3. The number of aromatic nitrogens is 2. The van der Waals surface area contributed by atoms with E-state index < -0.39 is 35.3 Å². The first kappa shape index (κ1) is 32.0. The summed E-state index contributed by atoms with van der Waals surface area (Å²) in [5.41, 5.74) is 2.65. The lowest BCUT2D eigenvalue weighted by atomic mass is 10.00. The van der Waals surface area contributed by atoms with E-state index >= 15 is 0 Å². The number of benzene rings is 3. The molecule has 0 unspecified atom stereocenters. The van der Waals surface area contributed by atoms with E-state index in [1.165, 1.54) is 16.7 Å². The van der Waals surface area contributed by atoms with Crippen LogP contribution < -0.4 is 21.9 Å². The molecule has 2 N–H and O–H groups in total. The molecule has 0 saturated heterocycles. The molecule has 1 atom stereocenters. The molecule has 0 aliphatic rings. The molecule has 1 heterocycles. The molecule has 11 heteroatoms. The first-order valence-electron chi connectivity index (χ1n) is 13.9. The van der Waals surface area contributed by atoms with Crippen molar-refractivity contribution in [2.75, 3.05) is 7.05 Å². The number of hydrogen-bond acceptors (Lipinski definition) is 6. The average Bonchev–Trinajstić information content (AvgIpc) is 2.96. The van der Waals surface area contributed by atoms with Crippen molar-refractivity contribution in [3.05, 3.63) is 108 Å². The Bertz CT molecular complexity index is 1780. The van der Waals surface area contributed by atoms with Crippen LogP contribution in [-0.2, 0) is 36.0 Å². The summed E-state index contributed by atoms with van der Waals surface area (Å²) in [5, 5.41) is 6.61. The fraction of sp³-hybridized carbons (Fsp3) is 0.312. The van der Waals surface area contributed by atoms with Crippen molar-refractivity contribution in [2.24, 2.45) is 7.05 Å². The van der Waals surface area contributed by atoms with Crippen molar-refractivity contribution in [1.29, 1.82) is 0 Å². The first-order valence-corrected chi connectivity index (χ1v) is 14.7. The van der Waals surface area contributed by atoms with E-state index in [2.05, 4.69) is 10.6 Å². The topological polar surface area (TPSA) is 111 Å². The highest BCUT2D eigenvalue weighted by Gasteiger charge is 2.26. The maximum absolute atomic E-state index is 13.8. The molecule has 0 bridgehead atoms. The van der Waals surface area contributed by atoms with Gasteiger partial charge in [0.2, 0.25) is 0 Å². The van der Waals surface area contributed by atoms with Gasteiger partial charge in [0, 0.05) is 20.0 Å². The molecule has 4 aromatic rings. The Kier molecular flexibility index (Phi) is 10.1. The molecule has 226 valence electrons. The third-order valence-electron chi connectivity index (χ3n) is 7.14. The second kappa shape index (κ2) is 13.6. The van der Waals surface area contributed by atoms with Gasteiger partial charge in [-0.3, -0.25) is 14.2 Å². The third kappa shape index (κ3) is 6.69. The van der Waals surface area contributed by atoms with E-state index in [9.17, 15) is 19.2 Å². The van der Waals surface area contributed by atoms with Crippen molar-refractivity contribution in [2.45, 2.75) is 52.3 Å². The number of ether oxygens (including phenoxy) is 1. The van der Waals surface area contributed by atoms with Crippen LogP contribution in [0.1, 0.15) is 47.8 Å². The number of nitrogens with one attached hydrogen (secondary N) is 2. The molecule has 0 aliphatic carbocycles. The van der Waals surface area contributed by atoms with Crippen LogP contribution in [0.2, 0.25) is 10.0 Å². The van der Waals surface area contributed by atoms with Gasteiger partial charge in [0.1, 0.15) is 6.04 Å². The fourth-order valence-corrected chi connectivity index (χ4v) is 5.62. The van der Waals surface area contributed by atoms with Gasteiger partial charge in [-0.15, -0.1) is 0 Å². The fourth-order valence-electron chi connectivity index (χ4n) is 5.06. The number of aryl methyl sites for hydroxylation is 2. The Labute approximate surface area is 259 Å². The van der Waals surface area contributed by atoms with Gasteiger partial charge >= 0.3 is 11.7 Å². The van der Waals surface area contributed by atoms with Gasteiger partial charge in [0.25, 0.3) is 11.5 Å². The van der Waals surface area contributed by atoms with Gasteiger partial charge in [-0.1, -0.05) is 54.4 Å². The zero-order chi connectivity index (χ0) is 31.4. The van der Waals surface area contributed by atoms with Gasteiger partial charge in [0.15, 0.2) is 0 Å². The van der Waals surface area contributed by atoms with E-state index in [4.69, 9.17) is 27.9 Å². The van der Waals surface area contributed by atoms with E-state index in [1.807, 2.05) is 26.1 Å². The second-order valence-electron chi connectivity index (χ2n) is 10.4. The highest BCUT2D eigenvalue weighted by atomic mass is 35.5. The lowest BCUT2D eigenvalue weighted by Gasteiger charge is -2.20. The Hall–Kier alpha value is -3.92. The maximum Gasteiger partial charge on any atom is 0.335 e. The lowest BCUT2D eigenvalue weighted by Crippen LogP contribution is -2.44. The lowest BCUT2D eigenvalue weighted by molar-refractivity contribution is -0.149. The highest BCUT2D eigenvalue weighted by molar-refractivity contribution is 6.39. The summed E-state index contributed by atoms with van der Waals surface area (Å²) >= 11 is 12.4. The van der Waals surface area contributed by atoms with E-state index in [1.54, 1.807) is 51.2 Å². The molecule has 0 spiro atoms. The van der Waals surface area contributed by atoms with Crippen LogP contribution in [0.3, 0.4) is 0 Å². The minimum absolute atomic E-state index is 0.0546. The summed E-state index contributed by atoms with van der Waals surface area (Å²) < 4.78 is 8.01. The predicted molar refractivity (Wildman–Crippen MR) is 170 cm³/mol. The van der Waals surface area contributed by atoms with Gasteiger partial charge in [-0.05, 0) is 74.3 Å².